The van der Waals surface area contributed by atoms with E-state index in [2.05, 4.69) is 4.74 Å². The van der Waals surface area contributed by atoms with Gasteiger partial charge in [-0.15, -0.1) is 0 Å². The Labute approximate surface area is 106 Å². The first-order valence-electron chi connectivity index (χ1n) is 5.16. The minimum atomic E-state index is -0.425. The largest absolute Gasteiger partial charge is 0.495 e. The van der Waals surface area contributed by atoms with Crippen LogP contribution < -0.4 is 10.5 Å². The Morgan fingerprint density at radius 2 is 2.12 bits per heavy atom. The molecule has 17 heavy (non-hydrogen) atoms. The van der Waals surface area contributed by atoms with Crippen molar-refractivity contribution in [3.63, 3.8) is 0 Å². The molecule has 0 aliphatic carbocycles. The molecular weight excluding hydrogens is 242 g/mol. The summed E-state index contributed by atoms with van der Waals surface area (Å²) >= 11 is 6.02. The molecule has 0 aliphatic rings. The van der Waals surface area contributed by atoms with Crippen LogP contribution in [0.3, 0.4) is 0 Å². The van der Waals surface area contributed by atoms with E-state index in [0.29, 0.717) is 10.8 Å². The predicted octanol–water partition coefficient (Wildman–Crippen LogP) is 2.22. The van der Waals surface area contributed by atoms with Gasteiger partial charge >= 0.3 is 5.97 Å². The van der Waals surface area contributed by atoms with Gasteiger partial charge in [0.25, 0.3) is 0 Å². The van der Waals surface area contributed by atoms with Gasteiger partial charge in [0.2, 0.25) is 0 Å². The smallest absolute Gasteiger partial charge is 0.307 e. The second-order valence-electron chi connectivity index (χ2n) is 3.73. The van der Waals surface area contributed by atoms with E-state index in [1.807, 2.05) is 6.92 Å². The summed E-state index contributed by atoms with van der Waals surface area (Å²) in [5, 5.41) is 0.480. The number of carbonyl (C=O) groups excluding carboxylic acids is 1. The van der Waals surface area contributed by atoms with Gasteiger partial charge in [-0.25, -0.2) is 0 Å². The first-order chi connectivity index (χ1) is 7.99. The first-order valence-corrected chi connectivity index (χ1v) is 5.53. The second-order valence-corrected chi connectivity index (χ2v) is 4.14. The highest BCUT2D eigenvalue weighted by Crippen LogP contribution is 2.31. The number of benzene rings is 1. The molecule has 0 fully saturated rings. The van der Waals surface area contributed by atoms with Gasteiger partial charge in [0, 0.05) is 6.04 Å². The van der Waals surface area contributed by atoms with Gasteiger partial charge in [-0.3, -0.25) is 4.79 Å². The molecule has 0 radical (unpaired) electrons. The number of hydrogen-bond donors (Lipinski definition) is 1. The fraction of sp³-hybridized carbons (Fsp3) is 0.417. The van der Waals surface area contributed by atoms with Crippen LogP contribution in [0.15, 0.2) is 12.1 Å². The van der Waals surface area contributed by atoms with E-state index >= 15 is 0 Å². The van der Waals surface area contributed by atoms with Crippen molar-refractivity contribution in [1.29, 1.82) is 0 Å². The van der Waals surface area contributed by atoms with Crippen LogP contribution in [0.1, 0.15) is 23.6 Å². The van der Waals surface area contributed by atoms with E-state index in [0.717, 1.165) is 11.1 Å². The number of carbonyl (C=O) groups is 1. The summed E-state index contributed by atoms with van der Waals surface area (Å²) in [4.78, 5) is 11.2. The summed E-state index contributed by atoms with van der Waals surface area (Å²) in [5.41, 5.74) is 7.69. The minimum Gasteiger partial charge on any atom is -0.495 e. The molecule has 0 saturated carbocycles. The minimum absolute atomic E-state index is 0.125. The van der Waals surface area contributed by atoms with Gasteiger partial charge in [0.05, 0.1) is 25.7 Å². The van der Waals surface area contributed by atoms with Gasteiger partial charge in [0.1, 0.15) is 5.75 Å². The SMILES string of the molecule is COC(=O)CC(N)c1cc(Cl)c(OC)cc1C. The molecule has 1 aromatic rings. The molecule has 5 heteroatoms. The Balaban J connectivity index is 2.98. The van der Waals surface area contributed by atoms with Crippen LogP contribution >= 0.6 is 11.6 Å². The van der Waals surface area contributed by atoms with Gasteiger partial charge in [-0.2, -0.15) is 0 Å². The Morgan fingerprint density at radius 3 is 2.65 bits per heavy atom. The molecule has 0 spiro atoms. The lowest BCUT2D eigenvalue weighted by atomic mass is 9.99. The molecule has 94 valence electrons. The van der Waals surface area contributed by atoms with Crippen molar-refractivity contribution in [3.05, 3.63) is 28.3 Å². The zero-order valence-corrected chi connectivity index (χ0v) is 10.9. The topological polar surface area (TPSA) is 61.5 Å². The number of halogens is 1. The summed E-state index contributed by atoms with van der Waals surface area (Å²) in [6.45, 7) is 1.89. The average molecular weight is 258 g/mol. The maximum Gasteiger partial charge on any atom is 0.307 e. The lowest BCUT2D eigenvalue weighted by molar-refractivity contribution is -0.141. The zero-order valence-electron chi connectivity index (χ0n) is 10.1. The highest BCUT2D eigenvalue weighted by Gasteiger charge is 2.16. The molecule has 0 bridgehead atoms. The lowest BCUT2D eigenvalue weighted by Gasteiger charge is -2.15. The monoisotopic (exact) mass is 257 g/mol. The third-order valence-corrected chi connectivity index (χ3v) is 2.85. The van der Waals surface area contributed by atoms with E-state index < -0.39 is 6.04 Å². The summed E-state index contributed by atoms with van der Waals surface area (Å²) in [6.07, 6.45) is 0.125. The fourth-order valence-corrected chi connectivity index (χ4v) is 1.85. The van der Waals surface area contributed by atoms with E-state index in [1.54, 1.807) is 19.2 Å². The van der Waals surface area contributed by atoms with Crippen molar-refractivity contribution in [2.24, 2.45) is 5.73 Å². The maximum atomic E-state index is 11.2. The molecule has 1 unspecified atom stereocenters. The number of ether oxygens (including phenoxy) is 2. The summed E-state index contributed by atoms with van der Waals surface area (Å²) in [7, 11) is 2.89. The molecule has 0 aromatic heterocycles. The van der Waals surface area contributed by atoms with Crippen LogP contribution in [0.5, 0.6) is 5.75 Å². The van der Waals surface area contributed by atoms with E-state index in [-0.39, 0.29) is 12.4 Å². The van der Waals surface area contributed by atoms with Gasteiger partial charge in [-0.1, -0.05) is 11.6 Å². The van der Waals surface area contributed by atoms with Gasteiger partial charge in [0.15, 0.2) is 0 Å². The predicted molar refractivity (Wildman–Crippen MR) is 66.3 cm³/mol. The second kappa shape index (κ2) is 5.89. The van der Waals surface area contributed by atoms with Gasteiger partial charge in [-0.05, 0) is 30.2 Å². The van der Waals surface area contributed by atoms with Crippen molar-refractivity contribution in [3.8, 4) is 5.75 Å². The Hall–Kier alpha value is -1.26. The van der Waals surface area contributed by atoms with E-state index in [1.165, 1.54) is 7.11 Å². The molecule has 1 aromatic carbocycles. The lowest BCUT2D eigenvalue weighted by Crippen LogP contribution is -2.17. The Bertz CT molecular complexity index is 420. The number of rotatable bonds is 4. The maximum absolute atomic E-state index is 11.2. The average Bonchev–Trinajstić information content (AvgIpc) is 2.31. The molecule has 0 saturated heterocycles. The van der Waals surface area contributed by atoms with Crippen molar-refractivity contribution >= 4 is 17.6 Å². The highest BCUT2D eigenvalue weighted by molar-refractivity contribution is 6.32. The number of methoxy groups -OCH3 is 2. The van der Waals surface area contributed by atoms with Crippen LogP contribution in [0.2, 0.25) is 5.02 Å². The molecule has 1 atom stereocenters. The summed E-state index contributed by atoms with van der Waals surface area (Å²) in [6, 6.07) is 3.10. The molecular formula is C12H16ClNO3. The van der Waals surface area contributed by atoms with Crippen molar-refractivity contribution in [2.75, 3.05) is 14.2 Å². The van der Waals surface area contributed by atoms with E-state index in [4.69, 9.17) is 22.1 Å². The number of hydrogen-bond acceptors (Lipinski definition) is 4. The number of esters is 1. The van der Waals surface area contributed by atoms with E-state index in [9.17, 15) is 4.79 Å². The Kier molecular flexibility index (Phi) is 4.78. The molecule has 2 N–H and O–H groups in total. The summed E-state index contributed by atoms with van der Waals surface area (Å²) in [5.74, 6) is 0.252. The Morgan fingerprint density at radius 1 is 1.47 bits per heavy atom. The third-order valence-electron chi connectivity index (χ3n) is 2.55. The molecule has 0 aliphatic heterocycles. The molecule has 0 heterocycles. The third kappa shape index (κ3) is 3.35. The normalized spacial score (nSPS) is 12.1. The van der Waals surface area contributed by atoms with Crippen LogP contribution in [-0.2, 0) is 9.53 Å². The van der Waals surface area contributed by atoms with Crippen molar-refractivity contribution in [2.45, 2.75) is 19.4 Å². The quantitative estimate of drug-likeness (QED) is 0.840. The fourth-order valence-electron chi connectivity index (χ4n) is 1.60. The number of nitrogens with two attached hydrogens (primary N) is 1. The highest BCUT2D eigenvalue weighted by atomic mass is 35.5. The van der Waals surface area contributed by atoms with Gasteiger partial charge < -0.3 is 15.2 Å². The van der Waals surface area contributed by atoms with Crippen molar-refractivity contribution < 1.29 is 14.3 Å². The standard InChI is InChI=1S/C12H16ClNO3/c1-7-4-11(16-2)9(13)5-8(7)10(14)6-12(15)17-3/h4-5,10H,6,14H2,1-3H3. The zero-order chi connectivity index (χ0) is 13.0. The van der Waals surface area contributed by atoms with Crippen LogP contribution in [0.4, 0.5) is 0 Å². The number of aryl methyl sites for hydroxylation is 1. The van der Waals surface area contributed by atoms with Crippen LogP contribution in [0.25, 0.3) is 0 Å². The molecule has 1 rings (SSSR count). The van der Waals surface area contributed by atoms with Crippen molar-refractivity contribution in [1.82, 2.24) is 0 Å². The van der Waals surface area contributed by atoms with Crippen LogP contribution in [-0.4, -0.2) is 20.2 Å². The summed E-state index contributed by atoms with van der Waals surface area (Å²) < 4.78 is 9.68. The first kappa shape index (κ1) is 13.8. The van der Waals surface area contributed by atoms with Crippen LogP contribution in [0, 0.1) is 6.92 Å². The molecule has 0 amide bonds. The molecule has 4 nitrogen and oxygen atoms in total.